The Morgan fingerprint density at radius 2 is 2.26 bits per heavy atom. The van der Waals surface area contributed by atoms with Gasteiger partial charge in [-0.2, -0.15) is 0 Å². The van der Waals surface area contributed by atoms with Gasteiger partial charge in [-0.1, -0.05) is 19.8 Å². The van der Waals surface area contributed by atoms with E-state index in [1.807, 2.05) is 0 Å². The average molecular weight is 333 g/mol. The SMILES string of the molecule is C[C@@H]1CCCC[C@]12NC(=O)N(CN1CCc3sccc3C1)C2=O. The number of thiophene rings is 1. The van der Waals surface area contributed by atoms with Crippen LogP contribution in [-0.2, 0) is 17.8 Å². The molecular formula is C17H23N3O2S. The van der Waals surface area contributed by atoms with Crippen LogP contribution in [0.4, 0.5) is 4.79 Å². The van der Waals surface area contributed by atoms with Gasteiger partial charge in [0.2, 0.25) is 0 Å². The Kier molecular flexibility index (Phi) is 3.69. The van der Waals surface area contributed by atoms with E-state index in [-0.39, 0.29) is 17.9 Å². The number of nitrogens with one attached hydrogen (secondary N) is 1. The fraction of sp³-hybridized carbons (Fsp3) is 0.647. The van der Waals surface area contributed by atoms with Crippen molar-refractivity contribution in [2.45, 2.75) is 51.1 Å². The van der Waals surface area contributed by atoms with Crippen LogP contribution in [0.2, 0.25) is 0 Å². The normalized spacial score (nSPS) is 31.5. The minimum atomic E-state index is -0.640. The topological polar surface area (TPSA) is 52.7 Å². The molecule has 0 bridgehead atoms. The van der Waals surface area contributed by atoms with Crippen LogP contribution in [0.5, 0.6) is 0 Å². The third kappa shape index (κ3) is 2.39. The van der Waals surface area contributed by atoms with E-state index in [1.165, 1.54) is 15.3 Å². The zero-order valence-electron chi connectivity index (χ0n) is 13.5. The lowest BCUT2D eigenvalue weighted by Gasteiger charge is -2.37. The molecule has 0 aromatic carbocycles. The Labute approximate surface area is 140 Å². The lowest BCUT2D eigenvalue weighted by molar-refractivity contribution is -0.135. The van der Waals surface area contributed by atoms with Gasteiger partial charge >= 0.3 is 6.03 Å². The number of carbonyl (C=O) groups excluding carboxylic acids is 2. The van der Waals surface area contributed by atoms with Crippen molar-refractivity contribution in [2.75, 3.05) is 13.2 Å². The van der Waals surface area contributed by atoms with E-state index in [9.17, 15) is 9.59 Å². The number of hydrogen-bond acceptors (Lipinski definition) is 4. The molecule has 0 radical (unpaired) electrons. The highest BCUT2D eigenvalue weighted by molar-refractivity contribution is 7.10. The Hall–Kier alpha value is -1.40. The Morgan fingerprint density at radius 3 is 3.09 bits per heavy atom. The van der Waals surface area contributed by atoms with E-state index < -0.39 is 5.54 Å². The van der Waals surface area contributed by atoms with Gasteiger partial charge in [-0.15, -0.1) is 11.3 Å². The molecule has 1 saturated carbocycles. The predicted molar refractivity (Wildman–Crippen MR) is 89.0 cm³/mol. The maximum absolute atomic E-state index is 13.0. The van der Waals surface area contributed by atoms with Crippen molar-refractivity contribution in [3.05, 3.63) is 21.9 Å². The first-order valence-electron chi connectivity index (χ1n) is 8.52. The molecule has 5 nitrogen and oxygen atoms in total. The summed E-state index contributed by atoms with van der Waals surface area (Å²) < 4.78 is 0. The molecule has 1 aromatic rings. The molecule has 23 heavy (non-hydrogen) atoms. The smallest absolute Gasteiger partial charge is 0.323 e. The number of nitrogens with zero attached hydrogens (tertiary/aromatic N) is 2. The highest BCUT2D eigenvalue weighted by atomic mass is 32.1. The quantitative estimate of drug-likeness (QED) is 0.846. The van der Waals surface area contributed by atoms with Crippen LogP contribution in [-0.4, -0.2) is 40.5 Å². The Bertz CT molecular complexity index is 644. The zero-order valence-corrected chi connectivity index (χ0v) is 14.3. The summed E-state index contributed by atoms with van der Waals surface area (Å²) >= 11 is 1.80. The minimum Gasteiger partial charge on any atom is -0.323 e. The summed E-state index contributed by atoms with van der Waals surface area (Å²) in [5, 5.41) is 5.16. The van der Waals surface area contributed by atoms with Crippen molar-refractivity contribution in [1.29, 1.82) is 0 Å². The first kappa shape index (κ1) is 15.1. The van der Waals surface area contributed by atoms with Gasteiger partial charge < -0.3 is 5.32 Å². The first-order chi connectivity index (χ1) is 11.1. The van der Waals surface area contributed by atoms with Crippen LogP contribution in [0.15, 0.2) is 11.4 Å². The van der Waals surface area contributed by atoms with Crippen LogP contribution in [0.25, 0.3) is 0 Å². The van der Waals surface area contributed by atoms with E-state index in [4.69, 9.17) is 0 Å². The summed E-state index contributed by atoms with van der Waals surface area (Å²) in [7, 11) is 0. The lowest BCUT2D eigenvalue weighted by Crippen LogP contribution is -2.54. The molecule has 3 amide bonds. The standard InChI is InChI=1S/C17H23N3O2S/c1-12-4-2-3-7-17(12)15(21)20(16(22)18-17)11-19-8-5-14-13(10-19)6-9-23-14/h6,9,12H,2-5,7-8,10-11H2,1H3,(H,18,22)/t12-,17+/m1/s1. The van der Waals surface area contributed by atoms with Crippen molar-refractivity contribution in [1.82, 2.24) is 15.1 Å². The van der Waals surface area contributed by atoms with Crippen molar-refractivity contribution < 1.29 is 9.59 Å². The highest BCUT2D eigenvalue weighted by Gasteiger charge is 2.55. The number of rotatable bonds is 2. The third-order valence-corrected chi connectivity index (χ3v) is 6.75. The number of hydrogen-bond donors (Lipinski definition) is 1. The number of urea groups is 1. The van der Waals surface area contributed by atoms with E-state index >= 15 is 0 Å². The van der Waals surface area contributed by atoms with Crippen LogP contribution in [0.3, 0.4) is 0 Å². The number of imide groups is 1. The summed E-state index contributed by atoms with van der Waals surface area (Å²) in [6, 6.07) is 1.95. The Morgan fingerprint density at radius 1 is 1.39 bits per heavy atom. The highest BCUT2D eigenvalue weighted by Crippen LogP contribution is 2.38. The minimum absolute atomic E-state index is 0.00850. The van der Waals surface area contributed by atoms with Gasteiger partial charge in [0.1, 0.15) is 5.54 Å². The molecule has 124 valence electrons. The molecule has 2 atom stereocenters. The van der Waals surface area contributed by atoms with Crippen molar-refractivity contribution in [3.8, 4) is 0 Å². The summed E-state index contributed by atoms with van der Waals surface area (Å²) in [6.07, 6.45) is 4.98. The Balaban J connectivity index is 1.49. The summed E-state index contributed by atoms with van der Waals surface area (Å²) in [6.45, 7) is 4.25. The molecule has 2 aliphatic heterocycles. The van der Waals surface area contributed by atoms with Crippen molar-refractivity contribution in [3.63, 3.8) is 0 Å². The molecule has 1 spiro atoms. The molecule has 1 aliphatic carbocycles. The van der Waals surface area contributed by atoms with Crippen molar-refractivity contribution in [2.24, 2.45) is 5.92 Å². The van der Waals surface area contributed by atoms with E-state index in [1.54, 1.807) is 11.3 Å². The number of fused-ring (bicyclic) bond motifs is 1. The second kappa shape index (κ2) is 5.60. The zero-order chi connectivity index (χ0) is 16.0. The van der Waals surface area contributed by atoms with E-state index in [0.29, 0.717) is 6.67 Å². The monoisotopic (exact) mass is 333 g/mol. The summed E-state index contributed by atoms with van der Waals surface area (Å²) in [4.78, 5) is 30.5. The number of carbonyl (C=O) groups is 2. The van der Waals surface area contributed by atoms with Crippen LogP contribution < -0.4 is 5.32 Å². The average Bonchev–Trinajstić information content (AvgIpc) is 3.09. The molecule has 3 heterocycles. The van der Waals surface area contributed by atoms with E-state index in [0.717, 1.165) is 45.2 Å². The second-order valence-electron chi connectivity index (χ2n) is 7.09. The fourth-order valence-electron chi connectivity index (χ4n) is 4.25. The van der Waals surface area contributed by atoms with Gasteiger partial charge in [-0.25, -0.2) is 9.69 Å². The van der Waals surface area contributed by atoms with Crippen LogP contribution >= 0.6 is 11.3 Å². The molecule has 1 saturated heterocycles. The van der Waals surface area contributed by atoms with Crippen LogP contribution in [0, 0.1) is 5.92 Å². The fourth-order valence-corrected chi connectivity index (χ4v) is 5.14. The second-order valence-corrected chi connectivity index (χ2v) is 8.10. The largest absolute Gasteiger partial charge is 0.326 e. The van der Waals surface area contributed by atoms with Gasteiger partial charge in [0.15, 0.2) is 0 Å². The van der Waals surface area contributed by atoms with E-state index in [2.05, 4.69) is 28.6 Å². The maximum atomic E-state index is 13.0. The third-order valence-electron chi connectivity index (χ3n) is 5.73. The molecule has 6 heteroatoms. The molecule has 0 unspecified atom stereocenters. The number of amides is 3. The molecule has 3 aliphatic rings. The van der Waals surface area contributed by atoms with Gasteiger partial charge in [0, 0.05) is 18.0 Å². The molecule has 1 N–H and O–H groups in total. The molecular weight excluding hydrogens is 310 g/mol. The molecule has 1 aromatic heterocycles. The summed E-state index contributed by atoms with van der Waals surface area (Å²) in [5.74, 6) is 0.216. The molecule has 4 rings (SSSR count). The first-order valence-corrected chi connectivity index (χ1v) is 9.40. The maximum Gasteiger partial charge on any atom is 0.326 e. The van der Waals surface area contributed by atoms with Gasteiger partial charge in [0.05, 0.1) is 6.67 Å². The molecule has 2 fully saturated rings. The van der Waals surface area contributed by atoms with Gasteiger partial charge in [-0.3, -0.25) is 9.69 Å². The predicted octanol–water partition coefficient (Wildman–Crippen LogP) is 2.56. The van der Waals surface area contributed by atoms with Gasteiger partial charge in [0.25, 0.3) is 5.91 Å². The van der Waals surface area contributed by atoms with Gasteiger partial charge in [-0.05, 0) is 42.2 Å². The lowest BCUT2D eigenvalue weighted by atomic mass is 9.73. The summed E-state index contributed by atoms with van der Waals surface area (Å²) in [5.41, 5.74) is 0.701. The van der Waals surface area contributed by atoms with Crippen molar-refractivity contribution >= 4 is 23.3 Å². The van der Waals surface area contributed by atoms with Crippen LogP contribution in [0.1, 0.15) is 43.0 Å².